The number of rotatable bonds is 9. The highest BCUT2D eigenvalue weighted by Crippen LogP contribution is 2.36. The number of nitrogens with zero attached hydrogens (tertiary/aromatic N) is 1. The van der Waals surface area contributed by atoms with Gasteiger partial charge in [-0.1, -0.05) is 26.8 Å². The first-order valence-electron chi connectivity index (χ1n) is 9.17. The standard InChI is InChI=1S/C20H31BrFN3O2Si/c1-20(2,3)28(5,6)27-11-10-24-13-15(12-23)14-25(4)19(26)16-8-7-9-17(21)18(16)22/h7-9,12-13,23-24H,10-11,14H2,1-6H3/b15-13+,23-12?. The lowest BCUT2D eigenvalue weighted by atomic mass is 10.1. The molecule has 1 aromatic rings. The van der Waals surface area contributed by atoms with Crippen molar-refractivity contribution in [3.63, 3.8) is 0 Å². The molecular weight excluding hydrogens is 441 g/mol. The molecule has 0 heterocycles. The van der Waals surface area contributed by atoms with Gasteiger partial charge in [-0.2, -0.15) is 0 Å². The Bertz CT molecular complexity index is 733. The zero-order chi connectivity index (χ0) is 21.5. The molecule has 28 heavy (non-hydrogen) atoms. The zero-order valence-corrected chi connectivity index (χ0v) is 20.1. The zero-order valence-electron chi connectivity index (χ0n) is 17.5. The smallest absolute Gasteiger partial charge is 0.256 e. The van der Waals surface area contributed by atoms with Gasteiger partial charge >= 0.3 is 0 Å². The van der Waals surface area contributed by atoms with E-state index in [2.05, 4.69) is 55.1 Å². The topological polar surface area (TPSA) is 65.4 Å². The maximum atomic E-state index is 14.1. The lowest BCUT2D eigenvalue weighted by molar-refractivity contribution is 0.0803. The summed E-state index contributed by atoms with van der Waals surface area (Å²) in [6.07, 6.45) is 2.88. The van der Waals surface area contributed by atoms with Crippen LogP contribution in [0.4, 0.5) is 4.39 Å². The van der Waals surface area contributed by atoms with Gasteiger partial charge in [0.25, 0.3) is 5.91 Å². The predicted molar refractivity (Wildman–Crippen MR) is 119 cm³/mol. The minimum atomic E-state index is -1.78. The van der Waals surface area contributed by atoms with E-state index in [4.69, 9.17) is 9.84 Å². The highest BCUT2D eigenvalue weighted by molar-refractivity contribution is 9.10. The van der Waals surface area contributed by atoms with Crippen LogP contribution in [0.2, 0.25) is 18.1 Å². The van der Waals surface area contributed by atoms with Gasteiger partial charge in [0.2, 0.25) is 0 Å². The molecule has 2 N–H and O–H groups in total. The van der Waals surface area contributed by atoms with Crippen LogP contribution in [-0.2, 0) is 4.43 Å². The molecule has 8 heteroatoms. The molecule has 0 aromatic heterocycles. The van der Waals surface area contributed by atoms with Crippen molar-refractivity contribution in [2.45, 2.75) is 38.9 Å². The largest absolute Gasteiger partial charge is 0.415 e. The Morgan fingerprint density at radius 1 is 1.39 bits per heavy atom. The van der Waals surface area contributed by atoms with E-state index in [0.29, 0.717) is 18.7 Å². The third-order valence-electron chi connectivity index (χ3n) is 4.94. The molecule has 0 radical (unpaired) electrons. The van der Waals surface area contributed by atoms with E-state index in [1.165, 1.54) is 17.2 Å². The Morgan fingerprint density at radius 2 is 2.04 bits per heavy atom. The van der Waals surface area contributed by atoms with Crippen LogP contribution in [0.25, 0.3) is 0 Å². The van der Waals surface area contributed by atoms with Crippen molar-refractivity contribution in [1.82, 2.24) is 10.2 Å². The first-order valence-corrected chi connectivity index (χ1v) is 12.9. The van der Waals surface area contributed by atoms with Crippen molar-refractivity contribution >= 4 is 36.4 Å². The van der Waals surface area contributed by atoms with Gasteiger partial charge < -0.3 is 20.1 Å². The van der Waals surface area contributed by atoms with Gasteiger partial charge in [0.05, 0.1) is 16.6 Å². The fourth-order valence-electron chi connectivity index (χ4n) is 2.14. The van der Waals surface area contributed by atoms with E-state index in [-0.39, 0.29) is 21.6 Å². The van der Waals surface area contributed by atoms with E-state index < -0.39 is 20.0 Å². The summed E-state index contributed by atoms with van der Waals surface area (Å²) in [6, 6.07) is 4.61. The molecule has 0 saturated heterocycles. The number of hydrogen-bond donors (Lipinski definition) is 2. The van der Waals surface area contributed by atoms with Crippen molar-refractivity contribution in [1.29, 1.82) is 5.41 Å². The molecule has 0 fully saturated rings. The number of carbonyl (C=O) groups is 1. The van der Waals surface area contributed by atoms with E-state index in [9.17, 15) is 9.18 Å². The second-order valence-electron chi connectivity index (χ2n) is 8.19. The summed E-state index contributed by atoms with van der Waals surface area (Å²) in [4.78, 5) is 13.9. The maximum absolute atomic E-state index is 14.1. The van der Waals surface area contributed by atoms with Crippen LogP contribution >= 0.6 is 15.9 Å². The molecule has 0 spiro atoms. The molecule has 5 nitrogen and oxygen atoms in total. The van der Waals surface area contributed by atoms with Crippen LogP contribution in [0.1, 0.15) is 31.1 Å². The van der Waals surface area contributed by atoms with Crippen molar-refractivity contribution in [2.75, 3.05) is 26.7 Å². The molecule has 0 unspecified atom stereocenters. The monoisotopic (exact) mass is 471 g/mol. The highest BCUT2D eigenvalue weighted by Gasteiger charge is 2.36. The van der Waals surface area contributed by atoms with Crippen LogP contribution in [0, 0.1) is 11.2 Å². The van der Waals surface area contributed by atoms with Gasteiger partial charge in [-0.3, -0.25) is 4.79 Å². The average Bonchev–Trinajstić information content (AvgIpc) is 2.60. The number of nitrogens with one attached hydrogen (secondary N) is 2. The predicted octanol–water partition coefficient (Wildman–Crippen LogP) is 4.81. The van der Waals surface area contributed by atoms with Crippen molar-refractivity contribution in [3.05, 3.63) is 45.8 Å². The summed E-state index contributed by atoms with van der Waals surface area (Å²) in [5.74, 6) is -1.02. The van der Waals surface area contributed by atoms with Gasteiger partial charge in [-0.15, -0.1) is 0 Å². The average molecular weight is 472 g/mol. The Balaban J connectivity index is 2.60. The van der Waals surface area contributed by atoms with E-state index in [1.54, 1.807) is 25.4 Å². The number of likely N-dealkylation sites (N-methyl/N-ethyl adjacent to an activating group) is 1. The molecule has 0 aliphatic rings. The summed E-state index contributed by atoms with van der Waals surface area (Å²) >= 11 is 3.09. The first kappa shape index (κ1) is 24.5. The fraction of sp³-hybridized carbons (Fsp3) is 0.500. The molecule has 1 aromatic carbocycles. The number of benzene rings is 1. The van der Waals surface area contributed by atoms with Gasteiger partial charge in [0.15, 0.2) is 8.32 Å². The van der Waals surface area contributed by atoms with Crippen molar-refractivity contribution in [3.8, 4) is 0 Å². The summed E-state index contributed by atoms with van der Waals surface area (Å²) in [5.41, 5.74) is 0.607. The Morgan fingerprint density at radius 3 is 2.61 bits per heavy atom. The SMILES string of the molecule is CN(C/C(C=N)=C/NCCO[Si](C)(C)C(C)(C)C)C(=O)c1cccc(Br)c1F. The van der Waals surface area contributed by atoms with Crippen molar-refractivity contribution in [2.24, 2.45) is 0 Å². The third kappa shape index (κ3) is 6.83. The Labute approximate surface area is 177 Å². The van der Waals surface area contributed by atoms with Gasteiger partial charge in [0.1, 0.15) is 5.82 Å². The van der Waals surface area contributed by atoms with E-state index in [1.807, 2.05) is 0 Å². The summed E-state index contributed by atoms with van der Waals surface area (Å²) < 4.78 is 20.5. The molecule has 0 atom stereocenters. The quantitative estimate of drug-likeness (QED) is 0.308. The molecule has 0 saturated carbocycles. The van der Waals surface area contributed by atoms with E-state index in [0.717, 1.165) is 0 Å². The summed E-state index contributed by atoms with van der Waals surface area (Å²) in [6.45, 7) is 12.4. The molecule has 1 amide bonds. The molecule has 0 aliphatic carbocycles. The molecule has 0 aliphatic heterocycles. The highest BCUT2D eigenvalue weighted by atomic mass is 79.9. The summed E-state index contributed by atoms with van der Waals surface area (Å²) in [5, 5.41) is 10.8. The van der Waals surface area contributed by atoms with E-state index >= 15 is 0 Å². The molecular formula is C20H31BrFN3O2Si. The molecule has 1 rings (SSSR count). The first-order chi connectivity index (χ1) is 12.9. The van der Waals surface area contributed by atoms with Gasteiger partial charge in [-0.05, 0) is 46.2 Å². The normalized spacial score (nSPS) is 12.6. The lowest BCUT2D eigenvalue weighted by Crippen LogP contribution is -2.42. The van der Waals surface area contributed by atoms with Crippen LogP contribution in [0.15, 0.2) is 34.4 Å². The van der Waals surface area contributed by atoms with Crippen LogP contribution < -0.4 is 5.32 Å². The van der Waals surface area contributed by atoms with Gasteiger partial charge in [0, 0.05) is 38.1 Å². The fourth-order valence-corrected chi connectivity index (χ4v) is 3.55. The lowest BCUT2D eigenvalue weighted by Gasteiger charge is -2.36. The van der Waals surface area contributed by atoms with Crippen LogP contribution in [0.5, 0.6) is 0 Å². The molecule has 156 valence electrons. The Hall–Kier alpha value is -1.51. The second kappa shape index (κ2) is 10.3. The summed E-state index contributed by atoms with van der Waals surface area (Å²) in [7, 11) is -0.193. The molecule has 0 bridgehead atoms. The number of halogens is 2. The third-order valence-corrected chi connectivity index (χ3v) is 10.1. The van der Waals surface area contributed by atoms with Gasteiger partial charge in [-0.25, -0.2) is 4.39 Å². The Kier molecular flexibility index (Phi) is 9.04. The second-order valence-corrected chi connectivity index (χ2v) is 13.9. The van der Waals surface area contributed by atoms with Crippen LogP contribution in [0.3, 0.4) is 0 Å². The minimum Gasteiger partial charge on any atom is -0.415 e. The number of hydrogen-bond acceptors (Lipinski definition) is 4. The minimum absolute atomic E-state index is 0.00284. The van der Waals surface area contributed by atoms with Crippen LogP contribution in [-0.4, -0.2) is 52.1 Å². The maximum Gasteiger partial charge on any atom is 0.256 e. The number of carbonyl (C=O) groups excluding carboxylic acids is 1. The number of amides is 1. The van der Waals surface area contributed by atoms with Crippen molar-refractivity contribution < 1.29 is 13.6 Å².